The lowest BCUT2D eigenvalue weighted by atomic mass is 9.81. The van der Waals surface area contributed by atoms with Gasteiger partial charge in [-0.25, -0.2) is 18.4 Å². The summed E-state index contributed by atoms with van der Waals surface area (Å²) in [7, 11) is -1.22. The molecule has 0 bridgehead atoms. The quantitative estimate of drug-likeness (QED) is 0.747. The van der Waals surface area contributed by atoms with Crippen LogP contribution >= 0.6 is 0 Å². The largest absolute Gasteiger partial charge is 0.356 e. The molecule has 26 heavy (non-hydrogen) atoms. The number of benzene rings is 1. The van der Waals surface area contributed by atoms with Crippen LogP contribution in [-0.4, -0.2) is 42.2 Å². The van der Waals surface area contributed by atoms with Crippen LogP contribution in [0.3, 0.4) is 0 Å². The molecule has 0 atom stereocenters. The van der Waals surface area contributed by atoms with Crippen molar-refractivity contribution in [1.29, 1.82) is 0 Å². The molecule has 0 amide bonds. The van der Waals surface area contributed by atoms with Crippen LogP contribution in [0.25, 0.3) is 11.0 Å². The first kappa shape index (κ1) is 17.0. The Morgan fingerprint density at radius 1 is 1.19 bits per heavy atom. The van der Waals surface area contributed by atoms with Crippen LogP contribution in [0.2, 0.25) is 0 Å². The average molecular weight is 370 g/mol. The number of aryl methyl sites for hydroxylation is 1. The van der Waals surface area contributed by atoms with Gasteiger partial charge in [0.15, 0.2) is 9.84 Å². The summed E-state index contributed by atoms with van der Waals surface area (Å²) in [6.45, 7) is 1.85. The van der Waals surface area contributed by atoms with Crippen molar-refractivity contribution >= 4 is 26.7 Å². The Kier molecular flexibility index (Phi) is 4.19. The lowest BCUT2D eigenvalue weighted by Gasteiger charge is -2.41. The number of anilines is 1. The number of aromatic amines is 1. The number of fused-ring (bicyclic) bond motifs is 1. The van der Waals surface area contributed by atoms with Gasteiger partial charge in [-0.15, -0.1) is 0 Å². The van der Waals surface area contributed by atoms with Crippen LogP contribution < -0.4 is 4.90 Å². The highest BCUT2D eigenvalue weighted by Gasteiger charge is 2.36. The standard InChI is InChI=1S/C19H22N4O2S/c1-13-5-3-4-6-17(13)26(24,25)11-14-9-15(10-14)23(2)19-16-7-8-20-18(16)21-12-22-19/h3-8,12,14-15H,9-11H2,1-2H3,(H,20,21,22). The van der Waals surface area contributed by atoms with E-state index in [1.54, 1.807) is 18.5 Å². The van der Waals surface area contributed by atoms with Crippen molar-refractivity contribution < 1.29 is 8.42 Å². The van der Waals surface area contributed by atoms with Crippen LogP contribution in [0.4, 0.5) is 5.82 Å². The van der Waals surface area contributed by atoms with Gasteiger partial charge in [-0.05, 0) is 43.4 Å². The molecule has 0 aliphatic heterocycles. The molecule has 2 aromatic heterocycles. The van der Waals surface area contributed by atoms with Crippen molar-refractivity contribution in [2.75, 3.05) is 17.7 Å². The number of nitrogens with zero attached hydrogens (tertiary/aromatic N) is 3. The van der Waals surface area contributed by atoms with Crippen LogP contribution in [0.5, 0.6) is 0 Å². The van der Waals surface area contributed by atoms with E-state index in [-0.39, 0.29) is 11.7 Å². The smallest absolute Gasteiger partial charge is 0.178 e. The molecule has 4 rings (SSSR count). The third kappa shape index (κ3) is 2.96. The third-order valence-corrected chi connectivity index (χ3v) is 7.35. The maximum atomic E-state index is 12.7. The van der Waals surface area contributed by atoms with E-state index in [0.29, 0.717) is 10.9 Å². The van der Waals surface area contributed by atoms with Gasteiger partial charge in [0.2, 0.25) is 0 Å². The molecule has 1 aliphatic rings. The van der Waals surface area contributed by atoms with Crippen molar-refractivity contribution in [3.05, 3.63) is 48.4 Å². The van der Waals surface area contributed by atoms with Gasteiger partial charge in [0, 0.05) is 19.3 Å². The molecule has 0 saturated heterocycles. The predicted molar refractivity (Wildman–Crippen MR) is 102 cm³/mol. The van der Waals surface area contributed by atoms with Crippen LogP contribution in [-0.2, 0) is 9.84 Å². The van der Waals surface area contributed by atoms with Crippen molar-refractivity contribution in [3.8, 4) is 0 Å². The zero-order chi connectivity index (χ0) is 18.3. The van der Waals surface area contributed by atoms with Gasteiger partial charge in [-0.3, -0.25) is 0 Å². The van der Waals surface area contributed by atoms with Gasteiger partial charge in [0.1, 0.15) is 17.8 Å². The lowest BCUT2D eigenvalue weighted by molar-refractivity contribution is 0.282. The van der Waals surface area contributed by atoms with Crippen molar-refractivity contribution in [1.82, 2.24) is 15.0 Å². The van der Waals surface area contributed by atoms with E-state index in [1.807, 2.05) is 38.4 Å². The molecule has 0 spiro atoms. The fourth-order valence-electron chi connectivity index (χ4n) is 3.77. The van der Waals surface area contributed by atoms with Crippen molar-refractivity contribution in [2.45, 2.75) is 30.7 Å². The first-order chi connectivity index (χ1) is 12.5. The number of hydrogen-bond acceptors (Lipinski definition) is 5. The van der Waals surface area contributed by atoms with Crippen molar-refractivity contribution in [3.63, 3.8) is 0 Å². The zero-order valence-electron chi connectivity index (χ0n) is 14.9. The Morgan fingerprint density at radius 2 is 1.96 bits per heavy atom. The number of H-pyrrole nitrogens is 1. The minimum Gasteiger partial charge on any atom is -0.356 e. The number of sulfone groups is 1. The summed E-state index contributed by atoms with van der Waals surface area (Å²) in [6.07, 6.45) is 5.13. The molecular formula is C19H22N4O2S. The van der Waals surface area contributed by atoms with Gasteiger partial charge in [-0.2, -0.15) is 0 Å². The second-order valence-electron chi connectivity index (χ2n) is 7.09. The molecular weight excluding hydrogens is 348 g/mol. The summed E-state index contributed by atoms with van der Waals surface area (Å²) >= 11 is 0. The first-order valence-corrected chi connectivity index (χ1v) is 10.4. The van der Waals surface area contributed by atoms with Gasteiger partial charge >= 0.3 is 0 Å². The van der Waals surface area contributed by atoms with E-state index in [2.05, 4.69) is 19.9 Å². The molecule has 3 aromatic rings. The highest BCUT2D eigenvalue weighted by Crippen LogP contribution is 2.36. The molecule has 1 aliphatic carbocycles. The minimum atomic E-state index is -3.24. The van der Waals surface area contributed by atoms with E-state index in [4.69, 9.17) is 0 Å². The van der Waals surface area contributed by atoms with E-state index >= 15 is 0 Å². The second kappa shape index (κ2) is 6.39. The van der Waals surface area contributed by atoms with Crippen LogP contribution in [0, 0.1) is 12.8 Å². The third-order valence-electron chi connectivity index (χ3n) is 5.31. The van der Waals surface area contributed by atoms with Crippen LogP contribution in [0.1, 0.15) is 18.4 Å². The highest BCUT2D eigenvalue weighted by atomic mass is 32.2. The Balaban J connectivity index is 1.44. The molecule has 1 aromatic carbocycles. The van der Waals surface area contributed by atoms with Gasteiger partial charge in [0.05, 0.1) is 16.0 Å². The summed E-state index contributed by atoms with van der Waals surface area (Å²) < 4.78 is 25.4. The van der Waals surface area contributed by atoms with Crippen molar-refractivity contribution in [2.24, 2.45) is 5.92 Å². The summed E-state index contributed by atoms with van der Waals surface area (Å²) in [5, 5.41) is 0.992. The Bertz CT molecular complexity index is 1040. The topological polar surface area (TPSA) is 79.0 Å². The molecule has 1 fully saturated rings. The van der Waals surface area contributed by atoms with Gasteiger partial charge < -0.3 is 9.88 Å². The minimum absolute atomic E-state index is 0.190. The number of aromatic nitrogens is 3. The Hall–Kier alpha value is -2.41. The molecule has 2 heterocycles. The normalized spacial score (nSPS) is 20.1. The fraction of sp³-hybridized carbons (Fsp3) is 0.368. The maximum absolute atomic E-state index is 12.7. The molecule has 0 radical (unpaired) electrons. The Morgan fingerprint density at radius 3 is 2.73 bits per heavy atom. The number of rotatable bonds is 5. The van der Waals surface area contributed by atoms with Gasteiger partial charge in [0.25, 0.3) is 0 Å². The summed E-state index contributed by atoms with van der Waals surface area (Å²) in [5.41, 5.74) is 1.64. The zero-order valence-corrected chi connectivity index (χ0v) is 15.7. The lowest BCUT2D eigenvalue weighted by Crippen LogP contribution is -2.45. The molecule has 7 heteroatoms. The van der Waals surface area contributed by atoms with E-state index < -0.39 is 9.84 Å². The molecule has 6 nitrogen and oxygen atoms in total. The van der Waals surface area contributed by atoms with Gasteiger partial charge in [-0.1, -0.05) is 18.2 Å². The SMILES string of the molecule is Cc1ccccc1S(=O)(=O)CC1CC(N(C)c2ncnc3[nH]ccc23)C1. The molecule has 1 N–H and O–H groups in total. The summed E-state index contributed by atoms with van der Waals surface area (Å²) in [4.78, 5) is 14.3. The van der Waals surface area contributed by atoms with E-state index in [0.717, 1.165) is 35.3 Å². The summed E-state index contributed by atoms with van der Waals surface area (Å²) in [5.74, 6) is 1.29. The molecule has 136 valence electrons. The monoisotopic (exact) mass is 370 g/mol. The number of nitrogens with one attached hydrogen (secondary N) is 1. The summed E-state index contributed by atoms with van der Waals surface area (Å²) in [6, 6.07) is 9.48. The number of hydrogen-bond donors (Lipinski definition) is 1. The first-order valence-electron chi connectivity index (χ1n) is 8.75. The fourth-order valence-corrected chi connectivity index (χ4v) is 5.69. The van der Waals surface area contributed by atoms with E-state index in [9.17, 15) is 8.42 Å². The van der Waals surface area contributed by atoms with Crippen LogP contribution in [0.15, 0.2) is 47.8 Å². The Labute approximate surface area is 153 Å². The average Bonchev–Trinajstić information content (AvgIpc) is 3.06. The maximum Gasteiger partial charge on any atom is 0.178 e. The molecule has 1 saturated carbocycles. The predicted octanol–water partition coefficient (Wildman–Crippen LogP) is 2.96. The second-order valence-corrected chi connectivity index (χ2v) is 9.09. The van der Waals surface area contributed by atoms with E-state index in [1.165, 1.54) is 0 Å². The highest BCUT2D eigenvalue weighted by molar-refractivity contribution is 7.91. The molecule has 0 unspecified atom stereocenters.